The zero-order chi connectivity index (χ0) is 27.4. The van der Waals surface area contributed by atoms with E-state index in [0.29, 0.717) is 12.2 Å². The number of carbonyl (C=O) groups excluding carboxylic acids is 2. The van der Waals surface area contributed by atoms with Crippen LogP contribution in [0.4, 0.5) is 0 Å². The second-order valence-corrected chi connectivity index (χ2v) is 15.8. The number of hydrogen-bond acceptors (Lipinski definition) is 4. The van der Waals surface area contributed by atoms with E-state index in [0.717, 1.165) is 51.4 Å². The van der Waals surface area contributed by atoms with Crippen LogP contribution in [0.2, 0.25) is 0 Å². The van der Waals surface area contributed by atoms with E-state index in [2.05, 4.69) is 47.6 Å². The first-order valence-electron chi connectivity index (χ1n) is 14.9. The maximum atomic E-state index is 14.5. The van der Waals surface area contributed by atoms with Crippen molar-refractivity contribution in [3.8, 4) is 6.07 Å². The third-order valence-corrected chi connectivity index (χ3v) is 13.6. The lowest BCUT2D eigenvalue weighted by Crippen LogP contribution is -2.69. The molecule has 0 bridgehead atoms. The number of aliphatic hydroxyl groups is 1. The molecule has 9 atom stereocenters. The third-order valence-electron chi connectivity index (χ3n) is 13.6. The molecule has 4 fully saturated rings. The average molecular weight is 508 g/mol. The minimum atomic E-state index is -0.600. The van der Waals surface area contributed by atoms with Crippen molar-refractivity contribution in [2.75, 3.05) is 0 Å². The molecule has 0 aromatic rings. The van der Waals surface area contributed by atoms with E-state index in [4.69, 9.17) is 0 Å². The Morgan fingerprint density at radius 2 is 1.62 bits per heavy atom. The second kappa shape index (κ2) is 8.03. The Hall–Kier alpha value is -1.47. The molecular formula is C33H49NO3. The van der Waals surface area contributed by atoms with Crippen LogP contribution in [-0.4, -0.2) is 22.8 Å². The highest BCUT2D eigenvalue weighted by atomic mass is 16.3. The Balaban J connectivity index is 1.64. The molecule has 1 N–H and O–H groups in total. The lowest BCUT2D eigenvalue weighted by Gasteiger charge is -2.72. The van der Waals surface area contributed by atoms with E-state index in [9.17, 15) is 20.0 Å². The summed E-state index contributed by atoms with van der Waals surface area (Å²) in [4.78, 5) is 27.7. The Labute approximate surface area is 224 Å². The highest BCUT2D eigenvalue weighted by molar-refractivity contribution is 6.04. The van der Waals surface area contributed by atoms with E-state index in [-0.39, 0.29) is 68.2 Å². The Morgan fingerprint density at radius 3 is 2.24 bits per heavy atom. The van der Waals surface area contributed by atoms with Crippen LogP contribution in [-0.2, 0) is 9.59 Å². The summed E-state index contributed by atoms with van der Waals surface area (Å²) in [6.07, 6.45) is 9.99. The topological polar surface area (TPSA) is 78.2 Å². The number of allylic oxidation sites excluding steroid dienone is 2. The number of fused-ring (bicyclic) bond motifs is 7. The van der Waals surface area contributed by atoms with Crippen LogP contribution in [0.1, 0.15) is 113 Å². The van der Waals surface area contributed by atoms with Gasteiger partial charge in [0.05, 0.1) is 11.7 Å². The summed E-state index contributed by atoms with van der Waals surface area (Å²) in [5.41, 5.74) is -0.853. The van der Waals surface area contributed by atoms with Gasteiger partial charge < -0.3 is 5.11 Å². The predicted octanol–water partition coefficient (Wildman–Crippen LogP) is 7.06. The minimum absolute atomic E-state index is 0.0268. The molecule has 5 rings (SSSR count). The van der Waals surface area contributed by atoms with Crippen LogP contribution >= 0.6 is 0 Å². The zero-order valence-corrected chi connectivity index (χ0v) is 24.5. The van der Waals surface area contributed by atoms with Crippen molar-refractivity contribution in [2.24, 2.45) is 56.2 Å². The molecule has 0 saturated heterocycles. The Morgan fingerprint density at radius 1 is 0.973 bits per heavy atom. The van der Waals surface area contributed by atoms with Gasteiger partial charge in [-0.1, -0.05) is 61.5 Å². The van der Waals surface area contributed by atoms with E-state index in [1.165, 1.54) is 0 Å². The normalized spacial score (nSPS) is 48.9. The van der Waals surface area contributed by atoms with Gasteiger partial charge in [0.1, 0.15) is 11.9 Å². The number of nitriles is 1. The Bertz CT molecular complexity index is 1100. The summed E-state index contributed by atoms with van der Waals surface area (Å²) in [6.45, 7) is 17.9. The van der Waals surface area contributed by atoms with Gasteiger partial charge in [0.25, 0.3) is 0 Å². The van der Waals surface area contributed by atoms with Gasteiger partial charge >= 0.3 is 0 Å². The summed E-state index contributed by atoms with van der Waals surface area (Å²) < 4.78 is 0. The number of nitrogens with zero attached hydrogens (tertiary/aromatic N) is 1. The summed E-state index contributed by atoms with van der Waals surface area (Å²) in [5.74, 6) is 0.782. The van der Waals surface area contributed by atoms with E-state index in [1.807, 2.05) is 19.9 Å². The maximum Gasteiger partial charge on any atom is 0.178 e. The molecule has 3 unspecified atom stereocenters. The lowest BCUT2D eigenvalue weighted by atomic mass is 9.31. The summed E-state index contributed by atoms with van der Waals surface area (Å²) >= 11 is 0. The highest BCUT2D eigenvalue weighted by Crippen LogP contribution is 2.76. The van der Waals surface area contributed by atoms with Crippen molar-refractivity contribution in [2.45, 2.75) is 119 Å². The average Bonchev–Trinajstić information content (AvgIpc) is 2.82. The molecule has 0 amide bonds. The standard InChI is InChI=1S/C33H49NO3/c1-9-25(36)33-14-12-28(2,3)18-21(33)26-22(35)16-24-30(6)17-20(19-34)27(37)29(4,5)23(30)10-11-31(24,7)32(26,8)13-15-33/h17,21,23-26,36H,9-16,18H2,1-8H3/t21?,23-,24+,25?,26?,30-,31+,32+,33-/m0/s1. The lowest BCUT2D eigenvalue weighted by molar-refractivity contribution is -0.234. The maximum absolute atomic E-state index is 14.5. The van der Waals surface area contributed by atoms with Gasteiger partial charge in [0, 0.05) is 17.8 Å². The molecule has 5 aliphatic carbocycles. The largest absolute Gasteiger partial charge is 0.393 e. The third kappa shape index (κ3) is 3.28. The molecular weight excluding hydrogens is 458 g/mol. The zero-order valence-electron chi connectivity index (χ0n) is 24.5. The second-order valence-electron chi connectivity index (χ2n) is 15.8. The summed E-state index contributed by atoms with van der Waals surface area (Å²) in [6, 6.07) is 2.22. The van der Waals surface area contributed by atoms with E-state index < -0.39 is 5.41 Å². The highest BCUT2D eigenvalue weighted by Gasteiger charge is 2.72. The Kier molecular flexibility index (Phi) is 5.88. The van der Waals surface area contributed by atoms with Crippen molar-refractivity contribution < 1.29 is 14.7 Å². The monoisotopic (exact) mass is 507 g/mol. The predicted molar refractivity (Wildman–Crippen MR) is 145 cm³/mol. The van der Waals surface area contributed by atoms with Gasteiger partial charge in [0.15, 0.2) is 5.78 Å². The molecule has 0 aliphatic heterocycles. The quantitative estimate of drug-likeness (QED) is 0.434. The fraction of sp³-hybridized carbons (Fsp3) is 0.848. The van der Waals surface area contributed by atoms with Crippen LogP contribution in [0.25, 0.3) is 0 Å². The molecule has 37 heavy (non-hydrogen) atoms. The van der Waals surface area contributed by atoms with Gasteiger partial charge in [-0.25, -0.2) is 0 Å². The molecule has 0 heterocycles. The number of ketones is 2. The number of carbonyl (C=O) groups is 2. The van der Waals surface area contributed by atoms with Gasteiger partial charge in [0.2, 0.25) is 0 Å². The first-order chi connectivity index (χ1) is 17.0. The molecule has 0 aromatic heterocycles. The van der Waals surface area contributed by atoms with Crippen LogP contribution < -0.4 is 0 Å². The van der Waals surface area contributed by atoms with Crippen molar-refractivity contribution in [3.05, 3.63) is 11.6 Å². The molecule has 0 radical (unpaired) electrons. The number of aliphatic hydroxyl groups excluding tert-OH is 1. The van der Waals surface area contributed by atoms with Gasteiger partial charge in [-0.05, 0) is 96.2 Å². The van der Waals surface area contributed by atoms with Crippen LogP contribution in [0.5, 0.6) is 0 Å². The van der Waals surface area contributed by atoms with E-state index >= 15 is 0 Å². The molecule has 204 valence electrons. The summed E-state index contributed by atoms with van der Waals surface area (Å²) in [5, 5.41) is 21.3. The smallest absolute Gasteiger partial charge is 0.178 e. The van der Waals surface area contributed by atoms with Crippen molar-refractivity contribution in [1.82, 2.24) is 0 Å². The summed E-state index contributed by atoms with van der Waals surface area (Å²) in [7, 11) is 0. The van der Waals surface area contributed by atoms with Crippen molar-refractivity contribution in [1.29, 1.82) is 5.26 Å². The van der Waals surface area contributed by atoms with Crippen LogP contribution in [0.15, 0.2) is 11.6 Å². The first kappa shape index (κ1) is 27.1. The molecule has 0 spiro atoms. The number of Topliss-reactive ketones (excluding diaryl/α,β-unsaturated/α-hetero) is 2. The van der Waals surface area contributed by atoms with Crippen molar-refractivity contribution in [3.63, 3.8) is 0 Å². The minimum Gasteiger partial charge on any atom is -0.393 e. The first-order valence-corrected chi connectivity index (χ1v) is 14.9. The molecule has 0 aromatic carbocycles. The van der Waals surface area contributed by atoms with Gasteiger partial charge in [-0.15, -0.1) is 0 Å². The number of rotatable bonds is 2. The molecule has 4 nitrogen and oxygen atoms in total. The fourth-order valence-electron chi connectivity index (χ4n) is 11.3. The fourth-order valence-corrected chi connectivity index (χ4v) is 11.3. The van der Waals surface area contributed by atoms with Gasteiger partial charge in [-0.2, -0.15) is 5.26 Å². The van der Waals surface area contributed by atoms with Gasteiger partial charge in [-0.3, -0.25) is 9.59 Å². The van der Waals surface area contributed by atoms with Crippen LogP contribution in [0.3, 0.4) is 0 Å². The SMILES string of the molecule is CCC(O)[C@]12CCC(C)(C)CC1C1C(=O)C[C@@H]3[C@@]4(C)C=C(C#N)C(=O)C(C)(C)[C@@H]4CC[C@@]3(C)[C@]1(C)CC2. The molecule has 4 heteroatoms. The van der Waals surface area contributed by atoms with E-state index in [1.54, 1.807) is 0 Å². The van der Waals surface area contributed by atoms with Crippen molar-refractivity contribution >= 4 is 11.6 Å². The molecule has 5 aliphatic rings. The number of hydrogen-bond donors (Lipinski definition) is 1. The molecule has 4 saturated carbocycles. The van der Waals surface area contributed by atoms with Crippen LogP contribution in [0, 0.1) is 67.5 Å².